The highest BCUT2D eigenvalue weighted by molar-refractivity contribution is 5.69. The summed E-state index contributed by atoms with van der Waals surface area (Å²) in [5.41, 5.74) is 1.16. The average molecular weight is 311 g/mol. The molecule has 9 nitrogen and oxygen atoms in total. The Morgan fingerprint density at radius 1 is 0.913 bits per heavy atom. The van der Waals surface area contributed by atoms with Gasteiger partial charge in [-0.3, -0.25) is 20.2 Å². The minimum Gasteiger partial charge on any atom is -0.258 e. The van der Waals surface area contributed by atoms with Gasteiger partial charge in [-0.2, -0.15) is 0 Å². The van der Waals surface area contributed by atoms with Gasteiger partial charge < -0.3 is 0 Å². The molecule has 0 N–H and O–H groups in total. The molecule has 1 aromatic heterocycles. The Labute approximate surface area is 129 Å². The van der Waals surface area contributed by atoms with Crippen LogP contribution in [0.1, 0.15) is 0 Å². The summed E-state index contributed by atoms with van der Waals surface area (Å²) in [6, 6.07) is 12.0. The van der Waals surface area contributed by atoms with Gasteiger partial charge in [-0.25, -0.2) is 4.68 Å². The van der Waals surface area contributed by atoms with E-state index in [0.29, 0.717) is 16.9 Å². The Bertz CT molecular complexity index is 888. The summed E-state index contributed by atoms with van der Waals surface area (Å²) in [5.74, 6) is 0. The van der Waals surface area contributed by atoms with E-state index in [1.165, 1.54) is 41.2 Å². The molecule has 23 heavy (non-hydrogen) atoms. The molecule has 0 radical (unpaired) electrons. The molecule has 0 atom stereocenters. The van der Waals surface area contributed by atoms with Crippen LogP contribution in [0.15, 0.2) is 54.7 Å². The molecule has 0 saturated heterocycles. The summed E-state index contributed by atoms with van der Waals surface area (Å²) < 4.78 is 1.40. The number of hydrogen-bond acceptors (Lipinski definition) is 6. The van der Waals surface area contributed by atoms with Crippen molar-refractivity contribution in [1.82, 2.24) is 15.0 Å². The van der Waals surface area contributed by atoms with Crippen LogP contribution in [0.25, 0.3) is 16.9 Å². The number of aromatic nitrogens is 3. The number of nitro benzene ring substituents is 2. The number of para-hydroxylation sites is 1. The summed E-state index contributed by atoms with van der Waals surface area (Å²) in [7, 11) is 0. The largest absolute Gasteiger partial charge is 0.278 e. The zero-order chi connectivity index (χ0) is 16.4. The zero-order valence-electron chi connectivity index (χ0n) is 11.6. The van der Waals surface area contributed by atoms with E-state index in [2.05, 4.69) is 10.3 Å². The minimum atomic E-state index is -0.496. The Kier molecular flexibility index (Phi) is 3.51. The molecule has 0 amide bonds. The van der Waals surface area contributed by atoms with Crippen molar-refractivity contribution in [3.05, 3.63) is 75.0 Å². The molecule has 0 bridgehead atoms. The minimum absolute atomic E-state index is 0.0345. The normalized spacial score (nSPS) is 10.4. The van der Waals surface area contributed by atoms with Gasteiger partial charge in [0.05, 0.1) is 27.3 Å². The molecule has 0 unspecified atom stereocenters. The summed E-state index contributed by atoms with van der Waals surface area (Å²) in [6.45, 7) is 0. The molecule has 2 aromatic carbocycles. The SMILES string of the molecule is O=[N+]([O-])c1ccc(-n2cc(-c3ccccc3[N+](=O)[O-])nn2)cc1. The summed E-state index contributed by atoms with van der Waals surface area (Å²) in [4.78, 5) is 20.7. The molecule has 3 rings (SSSR count). The maximum absolute atomic E-state index is 11.1. The van der Waals surface area contributed by atoms with Crippen LogP contribution in [0.2, 0.25) is 0 Å². The van der Waals surface area contributed by atoms with Crippen LogP contribution < -0.4 is 0 Å². The first-order chi connectivity index (χ1) is 11.1. The number of nitro groups is 2. The van der Waals surface area contributed by atoms with E-state index in [1.807, 2.05) is 0 Å². The van der Waals surface area contributed by atoms with Crippen LogP contribution >= 0.6 is 0 Å². The van der Waals surface area contributed by atoms with Gasteiger partial charge in [-0.1, -0.05) is 17.3 Å². The van der Waals surface area contributed by atoms with Crippen LogP contribution in [-0.4, -0.2) is 24.8 Å². The summed E-state index contributed by atoms with van der Waals surface area (Å²) in [6.07, 6.45) is 1.53. The highest BCUT2D eigenvalue weighted by atomic mass is 16.6. The van der Waals surface area contributed by atoms with Gasteiger partial charge in [0.15, 0.2) is 0 Å². The first-order valence-corrected chi connectivity index (χ1v) is 6.47. The molecule has 114 valence electrons. The van der Waals surface area contributed by atoms with E-state index < -0.39 is 9.85 Å². The zero-order valence-corrected chi connectivity index (χ0v) is 11.6. The second kappa shape index (κ2) is 5.64. The van der Waals surface area contributed by atoms with Crippen molar-refractivity contribution >= 4 is 11.4 Å². The van der Waals surface area contributed by atoms with Gasteiger partial charge in [-0.05, 0) is 18.2 Å². The fourth-order valence-corrected chi connectivity index (χ4v) is 2.09. The molecule has 0 spiro atoms. The van der Waals surface area contributed by atoms with E-state index in [0.717, 1.165) is 0 Å². The van der Waals surface area contributed by atoms with Crippen molar-refractivity contribution in [2.75, 3.05) is 0 Å². The molecule has 0 aliphatic heterocycles. The third-order valence-corrected chi connectivity index (χ3v) is 3.20. The molecule has 9 heteroatoms. The lowest BCUT2D eigenvalue weighted by Gasteiger charge is -1.99. The van der Waals surface area contributed by atoms with Gasteiger partial charge >= 0.3 is 0 Å². The molecule has 0 aliphatic rings. The Hall–Kier alpha value is -3.62. The highest BCUT2D eigenvalue weighted by Gasteiger charge is 2.17. The average Bonchev–Trinajstić information content (AvgIpc) is 3.04. The quantitative estimate of drug-likeness (QED) is 0.540. The van der Waals surface area contributed by atoms with Gasteiger partial charge in [0, 0.05) is 18.2 Å². The standard InChI is InChI=1S/C14H9N5O4/c20-18(21)11-7-5-10(6-8-11)17-9-13(15-16-17)12-3-1-2-4-14(12)19(22)23/h1-9H. The van der Waals surface area contributed by atoms with E-state index in [9.17, 15) is 20.2 Å². The summed E-state index contributed by atoms with van der Waals surface area (Å²) in [5, 5.41) is 29.6. The van der Waals surface area contributed by atoms with Crippen LogP contribution in [0.3, 0.4) is 0 Å². The number of rotatable bonds is 4. The number of benzene rings is 2. The predicted octanol–water partition coefficient (Wildman–Crippen LogP) is 2.75. The van der Waals surface area contributed by atoms with Gasteiger partial charge in [0.2, 0.25) is 0 Å². The van der Waals surface area contributed by atoms with Crippen molar-refractivity contribution in [1.29, 1.82) is 0 Å². The van der Waals surface area contributed by atoms with Crippen LogP contribution in [0.4, 0.5) is 11.4 Å². The van der Waals surface area contributed by atoms with E-state index >= 15 is 0 Å². The maximum atomic E-state index is 11.1. The Morgan fingerprint density at radius 2 is 1.61 bits per heavy atom. The van der Waals surface area contributed by atoms with E-state index in [-0.39, 0.29) is 11.4 Å². The molecule has 0 fully saturated rings. The summed E-state index contributed by atoms with van der Waals surface area (Å²) >= 11 is 0. The predicted molar refractivity (Wildman–Crippen MR) is 80.1 cm³/mol. The maximum Gasteiger partial charge on any atom is 0.278 e. The molecular formula is C14H9N5O4. The number of nitrogens with zero attached hydrogens (tertiary/aromatic N) is 5. The molecule has 1 heterocycles. The number of non-ortho nitro benzene ring substituents is 1. The lowest BCUT2D eigenvalue weighted by Crippen LogP contribution is -1.95. The molecule has 0 saturated carbocycles. The monoisotopic (exact) mass is 311 g/mol. The lowest BCUT2D eigenvalue weighted by atomic mass is 10.1. The van der Waals surface area contributed by atoms with Crippen molar-refractivity contribution < 1.29 is 9.85 Å². The second-order valence-corrected chi connectivity index (χ2v) is 4.60. The van der Waals surface area contributed by atoms with E-state index in [1.54, 1.807) is 18.2 Å². The lowest BCUT2D eigenvalue weighted by molar-refractivity contribution is -0.384. The van der Waals surface area contributed by atoms with Gasteiger partial charge in [-0.15, -0.1) is 5.10 Å². The number of hydrogen-bond donors (Lipinski definition) is 0. The smallest absolute Gasteiger partial charge is 0.258 e. The molecule has 3 aromatic rings. The van der Waals surface area contributed by atoms with Gasteiger partial charge in [0.1, 0.15) is 5.69 Å². The fourth-order valence-electron chi connectivity index (χ4n) is 2.09. The van der Waals surface area contributed by atoms with Gasteiger partial charge in [0.25, 0.3) is 11.4 Å². The van der Waals surface area contributed by atoms with Crippen LogP contribution in [-0.2, 0) is 0 Å². The molecular weight excluding hydrogens is 302 g/mol. The molecule has 0 aliphatic carbocycles. The Morgan fingerprint density at radius 3 is 2.26 bits per heavy atom. The first kappa shape index (κ1) is 14.3. The third-order valence-electron chi connectivity index (χ3n) is 3.20. The van der Waals surface area contributed by atoms with Crippen LogP contribution in [0.5, 0.6) is 0 Å². The fraction of sp³-hybridized carbons (Fsp3) is 0. The van der Waals surface area contributed by atoms with Crippen molar-refractivity contribution in [3.63, 3.8) is 0 Å². The van der Waals surface area contributed by atoms with Crippen molar-refractivity contribution in [2.45, 2.75) is 0 Å². The van der Waals surface area contributed by atoms with Crippen LogP contribution in [0, 0.1) is 20.2 Å². The van der Waals surface area contributed by atoms with Crippen molar-refractivity contribution in [2.24, 2.45) is 0 Å². The highest BCUT2D eigenvalue weighted by Crippen LogP contribution is 2.28. The topological polar surface area (TPSA) is 117 Å². The van der Waals surface area contributed by atoms with E-state index in [4.69, 9.17) is 0 Å². The first-order valence-electron chi connectivity index (χ1n) is 6.47. The van der Waals surface area contributed by atoms with Crippen molar-refractivity contribution in [3.8, 4) is 16.9 Å². The second-order valence-electron chi connectivity index (χ2n) is 4.60. The third kappa shape index (κ3) is 2.75. The Balaban J connectivity index is 1.98.